The van der Waals surface area contributed by atoms with E-state index in [0.29, 0.717) is 11.0 Å². The molecule has 0 saturated carbocycles. The minimum Gasteiger partial charge on any atom is -0.317 e. The van der Waals surface area contributed by atoms with Gasteiger partial charge in [-0.3, -0.25) is 0 Å². The summed E-state index contributed by atoms with van der Waals surface area (Å²) in [6.45, 7) is 13.0. The van der Waals surface area contributed by atoms with Gasteiger partial charge in [-0.25, -0.2) is 0 Å². The summed E-state index contributed by atoms with van der Waals surface area (Å²) in [4.78, 5) is 2.59. The molecule has 0 radical (unpaired) electrons. The SMILES string of the molecule is CCCC1(CN(C)C(C)(C)CC)CCNCC1. The van der Waals surface area contributed by atoms with Gasteiger partial charge in [0.05, 0.1) is 0 Å². The lowest BCUT2D eigenvalue weighted by atomic mass is 9.74. The van der Waals surface area contributed by atoms with E-state index in [9.17, 15) is 0 Å². The summed E-state index contributed by atoms with van der Waals surface area (Å²) in [7, 11) is 2.31. The van der Waals surface area contributed by atoms with Gasteiger partial charge >= 0.3 is 0 Å². The van der Waals surface area contributed by atoms with Gasteiger partial charge in [-0.15, -0.1) is 0 Å². The molecule has 1 rings (SSSR count). The van der Waals surface area contributed by atoms with Gasteiger partial charge in [-0.2, -0.15) is 0 Å². The third-order valence-electron chi connectivity index (χ3n) is 4.92. The fraction of sp³-hybridized carbons (Fsp3) is 1.00. The number of nitrogens with zero attached hydrogens (tertiary/aromatic N) is 1. The highest BCUT2D eigenvalue weighted by Crippen LogP contribution is 2.36. The van der Waals surface area contributed by atoms with Gasteiger partial charge < -0.3 is 10.2 Å². The Bertz CT molecular complexity index is 211. The van der Waals surface area contributed by atoms with E-state index in [1.807, 2.05) is 0 Å². The van der Waals surface area contributed by atoms with E-state index in [-0.39, 0.29) is 0 Å². The van der Waals surface area contributed by atoms with E-state index in [0.717, 1.165) is 0 Å². The van der Waals surface area contributed by atoms with E-state index in [1.165, 1.54) is 51.7 Å². The maximum absolute atomic E-state index is 3.51. The first kappa shape index (κ1) is 15.0. The van der Waals surface area contributed by atoms with Gasteiger partial charge in [0.15, 0.2) is 0 Å². The van der Waals surface area contributed by atoms with Gasteiger partial charge in [0.1, 0.15) is 0 Å². The highest BCUT2D eigenvalue weighted by Gasteiger charge is 2.35. The molecular formula is C15H32N2. The van der Waals surface area contributed by atoms with E-state index in [4.69, 9.17) is 0 Å². The molecule has 17 heavy (non-hydrogen) atoms. The largest absolute Gasteiger partial charge is 0.317 e. The Morgan fingerprint density at radius 2 is 1.76 bits per heavy atom. The lowest BCUT2D eigenvalue weighted by molar-refractivity contribution is 0.0548. The van der Waals surface area contributed by atoms with Crippen molar-refractivity contribution in [2.75, 3.05) is 26.7 Å². The smallest absolute Gasteiger partial charge is 0.0147 e. The molecule has 0 spiro atoms. The number of hydrogen-bond donors (Lipinski definition) is 1. The van der Waals surface area contributed by atoms with Crippen LogP contribution in [0.5, 0.6) is 0 Å². The topological polar surface area (TPSA) is 15.3 Å². The van der Waals surface area contributed by atoms with Crippen LogP contribution in [0.1, 0.15) is 59.8 Å². The van der Waals surface area contributed by atoms with Crippen LogP contribution in [0, 0.1) is 5.41 Å². The van der Waals surface area contributed by atoms with Crippen molar-refractivity contribution in [3.63, 3.8) is 0 Å². The summed E-state index contributed by atoms with van der Waals surface area (Å²) in [5, 5.41) is 3.51. The van der Waals surface area contributed by atoms with Crippen LogP contribution in [0.25, 0.3) is 0 Å². The van der Waals surface area contributed by atoms with Crippen molar-refractivity contribution in [2.45, 2.75) is 65.3 Å². The van der Waals surface area contributed by atoms with Crippen LogP contribution in [0.4, 0.5) is 0 Å². The van der Waals surface area contributed by atoms with Crippen molar-refractivity contribution < 1.29 is 0 Å². The second kappa shape index (κ2) is 6.19. The van der Waals surface area contributed by atoms with E-state index >= 15 is 0 Å². The molecule has 0 atom stereocenters. The predicted octanol–water partition coefficient (Wildman–Crippen LogP) is 3.28. The second-order valence-electron chi connectivity index (χ2n) is 6.52. The highest BCUT2D eigenvalue weighted by atomic mass is 15.2. The predicted molar refractivity (Wildman–Crippen MR) is 76.4 cm³/mol. The van der Waals surface area contributed by atoms with Crippen LogP contribution in [0.3, 0.4) is 0 Å². The average Bonchev–Trinajstić information content (AvgIpc) is 2.30. The van der Waals surface area contributed by atoms with Crippen molar-refractivity contribution in [1.82, 2.24) is 10.2 Å². The van der Waals surface area contributed by atoms with Crippen molar-refractivity contribution in [3.05, 3.63) is 0 Å². The Balaban J connectivity index is 2.65. The van der Waals surface area contributed by atoms with Crippen LogP contribution in [-0.4, -0.2) is 37.1 Å². The number of piperidine rings is 1. The fourth-order valence-corrected chi connectivity index (χ4v) is 2.96. The van der Waals surface area contributed by atoms with Crippen LogP contribution in [0.2, 0.25) is 0 Å². The van der Waals surface area contributed by atoms with Gasteiger partial charge in [0.2, 0.25) is 0 Å². The molecule has 0 aliphatic carbocycles. The van der Waals surface area contributed by atoms with Crippen LogP contribution < -0.4 is 5.32 Å². The van der Waals surface area contributed by atoms with Gasteiger partial charge in [0.25, 0.3) is 0 Å². The van der Waals surface area contributed by atoms with E-state index in [1.54, 1.807) is 0 Å². The van der Waals surface area contributed by atoms with Crippen LogP contribution in [-0.2, 0) is 0 Å². The number of hydrogen-bond acceptors (Lipinski definition) is 2. The summed E-state index contributed by atoms with van der Waals surface area (Å²) in [6, 6.07) is 0. The third-order valence-corrected chi connectivity index (χ3v) is 4.92. The van der Waals surface area contributed by atoms with Crippen LogP contribution >= 0.6 is 0 Å². The molecule has 0 bridgehead atoms. The molecule has 0 unspecified atom stereocenters. The lowest BCUT2D eigenvalue weighted by Gasteiger charge is -2.45. The van der Waals surface area contributed by atoms with Gasteiger partial charge in [-0.05, 0) is 65.1 Å². The zero-order valence-corrected chi connectivity index (χ0v) is 12.6. The standard InChI is InChI=1S/C15H32N2/c1-6-8-15(9-11-16-12-10-15)13-17(5)14(3,4)7-2/h16H,6-13H2,1-5H3. The Morgan fingerprint density at radius 3 is 2.24 bits per heavy atom. The Morgan fingerprint density at radius 1 is 1.18 bits per heavy atom. The summed E-state index contributed by atoms with van der Waals surface area (Å²) >= 11 is 0. The maximum Gasteiger partial charge on any atom is 0.0147 e. The summed E-state index contributed by atoms with van der Waals surface area (Å²) in [5.74, 6) is 0. The zero-order valence-electron chi connectivity index (χ0n) is 12.6. The Labute approximate surface area is 108 Å². The number of nitrogens with one attached hydrogen (secondary N) is 1. The van der Waals surface area contributed by atoms with E-state index < -0.39 is 0 Å². The first-order valence-corrected chi connectivity index (χ1v) is 7.38. The molecule has 1 N–H and O–H groups in total. The molecule has 1 aliphatic heterocycles. The van der Waals surface area contributed by atoms with Gasteiger partial charge in [0, 0.05) is 12.1 Å². The highest BCUT2D eigenvalue weighted by molar-refractivity contribution is 4.90. The molecule has 1 aliphatic rings. The molecule has 1 saturated heterocycles. The average molecular weight is 240 g/mol. The number of rotatable bonds is 6. The molecule has 0 aromatic carbocycles. The van der Waals surface area contributed by atoms with Crippen LogP contribution in [0.15, 0.2) is 0 Å². The maximum atomic E-state index is 3.51. The van der Waals surface area contributed by atoms with Crippen molar-refractivity contribution in [2.24, 2.45) is 5.41 Å². The second-order valence-corrected chi connectivity index (χ2v) is 6.52. The summed E-state index contributed by atoms with van der Waals surface area (Å²) < 4.78 is 0. The fourth-order valence-electron chi connectivity index (χ4n) is 2.96. The van der Waals surface area contributed by atoms with Crippen molar-refractivity contribution >= 4 is 0 Å². The molecular weight excluding hydrogens is 208 g/mol. The monoisotopic (exact) mass is 240 g/mol. The molecule has 1 heterocycles. The molecule has 2 heteroatoms. The minimum atomic E-state index is 0.339. The summed E-state index contributed by atoms with van der Waals surface area (Å²) in [5.41, 5.74) is 0.910. The van der Waals surface area contributed by atoms with Crippen molar-refractivity contribution in [3.8, 4) is 0 Å². The first-order chi connectivity index (χ1) is 7.96. The normalized spacial score (nSPS) is 20.8. The van der Waals surface area contributed by atoms with Crippen molar-refractivity contribution in [1.29, 1.82) is 0 Å². The van der Waals surface area contributed by atoms with E-state index in [2.05, 4.69) is 45.0 Å². The Hall–Kier alpha value is -0.0800. The zero-order chi connectivity index (χ0) is 12.9. The molecule has 2 nitrogen and oxygen atoms in total. The molecule has 0 aromatic heterocycles. The molecule has 0 aromatic rings. The first-order valence-electron chi connectivity index (χ1n) is 7.38. The van der Waals surface area contributed by atoms with Gasteiger partial charge in [-0.1, -0.05) is 20.3 Å². The molecule has 1 fully saturated rings. The minimum absolute atomic E-state index is 0.339. The quantitative estimate of drug-likeness (QED) is 0.766. The third kappa shape index (κ3) is 3.96. The molecule has 0 amide bonds. The lowest BCUT2D eigenvalue weighted by Crippen LogP contribution is -2.50. The summed E-state index contributed by atoms with van der Waals surface area (Å²) in [6.07, 6.45) is 6.64. The Kier molecular flexibility index (Phi) is 5.46. The molecule has 102 valence electrons.